The van der Waals surface area contributed by atoms with Crippen molar-refractivity contribution in [3.63, 3.8) is 0 Å². The molecule has 8 nitrogen and oxygen atoms in total. The first-order valence-corrected chi connectivity index (χ1v) is 8.97. The van der Waals surface area contributed by atoms with Crippen molar-refractivity contribution >= 4 is 17.0 Å². The molecule has 2 aromatic heterocycles. The maximum Gasteiger partial charge on any atom is 0.189 e. The van der Waals surface area contributed by atoms with E-state index in [-0.39, 0.29) is 6.04 Å². The van der Waals surface area contributed by atoms with E-state index in [1.807, 2.05) is 39.1 Å². The topological polar surface area (TPSA) is 78.2 Å². The third kappa shape index (κ3) is 3.57. The normalized spacial score (nSPS) is 12.4. The summed E-state index contributed by atoms with van der Waals surface area (Å²) in [5, 5.41) is 8.75. The molecule has 1 unspecified atom stereocenters. The zero-order valence-electron chi connectivity index (χ0n) is 16.7. The molecule has 0 saturated heterocycles. The van der Waals surface area contributed by atoms with Crippen LogP contribution in [-0.4, -0.2) is 58.9 Å². The van der Waals surface area contributed by atoms with Crippen LogP contribution in [0.4, 0.5) is 5.82 Å². The molecule has 0 fully saturated rings. The van der Waals surface area contributed by atoms with Crippen molar-refractivity contribution in [2.75, 3.05) is 32.8 Å². The Morgan fingerprint density at radius 2 is 1.96 bits per heavy atom. The predicted molar refractivity (Wildman–Crippen MR) is 105 cm³/mol. The number of hydrogen-bond donors (Lipinski definition) is 0. The van der Waals surface area contributed by atoms with Crippen molar-refractivity contribution in [1.82, 2.24) is 25.0 Å². The van der Waals surface area contributed by atoms with Gasteiger partial charge in [-0.15, -0.1) is 5.10 Å². The molecule has 2 heterocycles. The van der Waals surface area contributed by atoms with Gasteiger partial charge < -0.3 is 14.4 Å². The predicted octanol–water partition coefficient (Wildman–Crippen LogP) is 2.70. The minimum Gasteiger partial charge on any atom is -0.497 e. The number of aryl methyl sites for hydroxylation is 2. The van der Waals surface area contributed by atoms with Gasteiger partial charge in [0.05, 0.1) is 25.4 Å². The Morgan fingerprint density at radius 3 is 2.59 bits per heavy atom. The monoisotopic (exact) mass is 370 g/mol. The maximum atomic E-state index is 5.35. The standard InChI is InChI=1S/C19H26N6O2/c1-7-14(11-26-5)24(4)18-17-19(21-13(3)20-18)25(23-22-17)16-9-8-15(27-6)10-12(16)2/h8-10,14H,7,11H2,1-6H3. The SMILES string of the molecule is CCC(COC)N(C)c1nc(C)nc2c1nnn2-c1ccc(OC)cc1C. The first kappa shape index (κ1) is 19.0. The van der Waals surface area contributed by atoms with Gasteiger partial charge in [-0.25, -0.2) is 9.97 Å². The number of hydrogen-bond acceptors (Lipinski definition) is 7. The molecule has 0 aliphatic carbocycles. The Morgan fingerprint density at radius 1 is 1.19 bits per heavy atom. The number of rotatable bonds is 7. The fourth-order valence-electron chi connectivity index (χ4n) is 3.18. The van der Waals surface area contributed by atoms with E-state index in [1.54, 1.807) is 18.9 Å². The van der Waals surface area contributed by atoms with E-state index < -0.39 is 0 Å². The van der Waals surface area contributed by atoms with Gasteiger partial charge in [0.15, 0.2) is 17.0 Å². The minimum absolute atomic E-state index is 0.195. The molecule has 0 bridgehead atoms. The van der Waals surface area contributed by atoms with Crippen molar-refractivity contribution in [2.45, 2.75) is 33.2 Å². The molecule has 0 N–H and O–H groups in total. The summed E-state index contributed by atoms with van der Waals surface area (Å²) in [5.41, 5.74) is 3.30. The Bertz CT molecular complexity index is 939. The van der Waals surface area contributed by atoms with Gasteiger partial charge in [0, 0.05) is 14.2 Å². The van der Waals surface area contributed by atoms with Gasteiger partial charge in [0.2, 0.25) is 0 Å². The van der Waals surface area contributed by atoms with Crippen LogP contribution < -0.4 is 9.64 Å². The number of ether oxygens (including phenoxy) is 2. The van der Waals surface area contributed by atoms with E-state index in [0.717, 1.165) is 29.2 Å². The number of methoxy groups -OCH3 is 2. The second kappa shape index (κ2) is 7.87. The summed E-state index contributed by atoms with van der Waals surface area (Å²) < 4.78 is 12.4. The maximum absolute atomic E-state index is 5.35. The largest absolute Gasteiger partial charge is 0.497 e. The first-order valence-electron chi connectivity index (χ1n) is 8.97. The summed E-state index contributed by atoms with van der Waals surface area (Å²) in [4.78, 5) is 11.3. The van der Waals surface area contributed by atoms with E-state index in [1.165, 1.54) is 0 Å². The number of fused-ring (bicyclic) bond motifs is 1. The van der Waals surface area contributed by atoms with Crippen LogP contribution in [0.15, 0.2) is 18.2 Å². The molecule has 1 atom stereocenters. The highest BCUT2D eigenvalue weighted by Gasteiger charge is 2.22. The van der Waals surface area contributed by atoms with Crippen molar-refractivity contribution in [3.05, 3.63) is 29.6 Å². The summed E-state index contributed by atoms with van der Waals surface area (Å²) in [6.07, 6.45) is 0.931. The van der Waals surface area contributed by atoms with Gasteiger partial charge in [-0.1, -0.05) is 12.1 Å². The molecular formula is C19H26N6O2. The van der Waals surface area contributed by atoms with Crippen LogP contribution in [0.2, 0.25) is 0 Å². The molecule has 0 radical (unpaired) electrons. The number of nitrogens with zero attached hydrogens (tertiary/aromatic N) is 6. The number of likely N-dealkylation sites (N-methyl/N-ethyl adjacent to an activating group) is 1. The van der Waals surface area contributed by atoms with E-state index in [9.17, 15) is 0 Å². The van der Waals surface area contributed by atoms with Crippen LogP contribution in [0, 0.1) is 13.8 Å². The van der Waals surface area contributed by atoms with Gasteiger partial charge in [0.25, 0.3) is 0 Å². The second-order valence-corrected chi connectivity index (χ2v) is 6.55. The smallest absolute Gasteiger partial charge is 0.189 e. The number of aromatic nitrogens is 5. The van der Waals surface area contributed by atoms with Crippen LogP contribution in [0.5, 0.6) is 5.75 Å². The molecular weight excluding hydrogens is 344 g/mol. The fourth-order valence-corrected chi connectivity index (χ4v) is 3.18. The summed E-state index contributed by atoms with van der Waals surface area (Å²) >= 11 is 0. The number of benzene rings is 1. The molecule has 3 aromatic rings. The second-order valence-electron chi connectivity index (χ2n) is 6.55. The molecule has 1 aromatic carbocycles. The molecule has 144 valence electrons. The molecule has 0 spiro atoms. The molecule has 0 aliphatic rings. The van der Waals surface area contributed by atoms with Gasteiger partial charge >= 0.3 is 0 Å². The lowest BCUT2D eigenvalue weighted by atomic mass is 10.2. The van der Waals surface area contributed by atoms with E-state index in [0.29, 0.717) is 23.6 Å². The van der Waals surface area contributed by atoms with Crippen LogP contribution in [-0.2, 0) is 4.74 Å². The van der Waals surface area contributed by atoms with Crippen molar-refractivity contribution in [3.8, 4) is 11.4 Å². The zero-order valence-corrected chi connectivity index (χ0v) is 16.7. The van der Waals surface area contributed by atoms with Crippen molar-refractivity contribution in [1.29, 1.82) is 0 Å². The molecule has 3 rings (SSSR count). The average molecular weight is 370 g/mol. The van der Waals surface area contributed by atoms with Crippen molar-refractivity contribution in [2.24, 2.45) is 0 Å². The minimum atomic E-state index is 0.195. The molecule has 0 aliphatic heterocycles. The van der Waals surface area contributed by atoms with Crippen LogP contribution in [0.3, 0.4) is 0 Å². The summed E-state index contributed by atoms with van der Waals surface area (Å²) in [7, 11) is 5.37. The van der Waals surface area contributed by atoms with Gasteiger partial charge in [0.1, 0.15) is 11.6 Å². The summed E-state index contributed by atoms with van der Waals surface area (Å²) in [6, 6.07) is 6.03. The van der Waals surface area contributed by atoms with Crippen LogP contribution in [0.1, 0.15) is 24.7 Å². The summed E-state index contributed by atoms with van der Waals surface area (Å²) in [6.45, 7) is 6.64. The molecule has 0 amide bonds. The molecule has 8 heteroatoms. The summed E-state index contributed by atoms with van der Waals surface area (Å²) in [5.74, 6) is 2.24. The average Bonchev–Trinajstić information content (AvgIpc) is 3.08. The number of anilines is 1. The lowest BCUT2D eigenvalue weighted by Gasteiger charge is -2.27. The van der Waals surface area contributed by atoms with E-state index >= 15 is 0 Å². The third-order valence-corrected chi connectivity index (χ3v) is 4.74. The Labute approximate surface area is 159 Å². The van der Waals surface area contributed by atoms with Crippen LogP contribution in [0.25, 0.3) is 16.9 Å². The fraction of sp³-hybridized carbons (Fsp3) is 0.474. The van der Waals surface area contributed by atoms with E-state index in [2.05, 4.69) is 32.1 Å². The van der Waals surface area contributed by atoms with Crippen molar-refractivity contribution < 1.29 is 9.47 Å². The Balaban J connectivity index is 2.13. The third-order valence-electron chi connectivity index (χ3n) is 4.74. The lowest BCUT2D eigenvalue weighted by molar-refractivity contribution is 0.176. The van der Waals surface area contributed by atoms with E-state index in [4.69, 9.17) is 9.47 Å². The first-order chi connectivity index (χ1) is 13.0. The van der Waals surface area contributed by atoms with Gasteiger partial charge in [-0.2, -0.15) is 4.68 Å². The lowest BCUT2D eigenvalue weighted by Crippen LogP contribution is -2.35. The highest BCUT2D eigenvalue weighted by molar-refractivity contribution is 5.84. The Kier molecular flexibility index (Phi) is 5.55. The van der Waals surface area contributed by atoms with Crippen LogP contribution >= 0.6 is 0 Å². The van der Waals surface area contributed by atoms with Gasteiger partial charge in [-0.3, -0.25) is 0 Å². The highest BCUT2D eigenvalue weighted by atomic mass is 16.5. The molecule has 27 heavy (non-hydrogen) atoms. The highest BCUT2D eigenvalue weighted by Crippen LogP contribution is 2.27. The quantitative estimate of drug-likeness (QED) is 0.633. The zero-order chi connectivity index (χ0) is 19.6. The Hall–Kier alpha value is -2.74. The van der Waals surface area contributed by atoms with Gasteiger partial charge in [-0.05, 0) is 44.0 Å². The molecule has 0 saturated carbocycles.